The average molecular weight is 414 g/mol. The molecule has 3 aromatic rings. The quantitative estimate of drug-likeness (QED) is 0.650. The van der Waals surface area contributed by atoms with Gasteiger partial charge < -0.3 is 4.90 Å². The van der Waals surface area contributed by atoms with Crippen molar-refractivity contribution < 1.29 is 8.42 Å². The molecule has 1 aromatic heterocycles. The molecule has 4 rings (SSSR count). The zero-order chi connectivity index (χ0) is 19.6. The van der Waals surface area contributed by atoms with E-state index in [1.807, 2.05) is 47.4 Å². The molecule has 0 atom stereocenters. The van der Waals surface area contributed by atoms with E-state index in [4.69, 9.17) is 11.6 Å². The summed E-state index contributed by atoms with van der Waals surface area (Å²) in [5, 5.41) is 0.579. The molecule has 1 saturated heterocycles. The van der Waals surface area contributed by atoms with E-state index in [2.05, 4.69) is 4.98 Å². The molecule has 2 aromatic carbocycles. The number of hydrogen-bond donors (Lipinski definition) is 0. The maximum Gasteiger partial charge on any atom is 0.243 e. The Morgan fingerprint density at radius 2 is 1.43 bits per heavy atom. The third-order valence-electron chi connectivity index (χ3n) is 4.88. The molecule has 2 heterocycles. The number of benzene rings is 2. The molecule has 1 aliphatic rings. The van der Waals surface area contributed by atoms with E-state index < -0.39 is 10.0 Å². The molecule has 0 aliphatic carbocycles. The van der Waals surface area contributed by atoms with E-state index in [0.717, 1.165) is 11.1 Å². The van der Waals surface area contributed by atoms with Crippen molar-refractivity contribution in [1.29, 1.82) is 0 Å². The van der Waals surface area contributed by atoms with Crippen molar-refractivity contribution >= 4 is 27.4 Å². The van der Waals surface area contributed by atoms with Crippen LogP contribution in [-0.4, -0.2) is 43.9 Å². The van der Waals surface area contributed by atoms with Crippen LogP contribution in [0.3, 0.4) is 0 Å². The summed E-state index contributed by atoms with van der Waals surface area (Å²) in [5.74, 6) is 0.702. The molecule has 0 bridgehead atoms. The van der Waals surface area contributed by atoms with Gasteiger partial charge in [0.05, 0.1) is 9.92 Å². The number of rotatable bonds is 4. The lowest BCUT2D eigenvalue weighted by molar-refractivity contribution is 0.384. The van der Waals surface area contributed by atoms with E-state index >= 15 is 0 Å². The van der Waals surface area contributed by atoms with E-state index in [1.165, 1.54) is 4.31 Å². The molecule has 0 saturated carbocycles. The topological polar surface area (TPSA) is 53.5 Å². The van der Waals surface area contributed by atoms with Gasteiger partial charge in [-0.25, -0.2) is 13.4 Å². The Kier molecular flexibility index (Phi) is 5.35. The highest BCUT2D eigenvalue weighted by Crippen LogP contribution is 2.26. The SMILES string of the molecule is O=S(=O)(c1ccc(-c2ccccc2)cc1)N1CCN(c2ncccc2Cl)CC1. The first-order chi connectivity index (χ1) is 13.6. The summed E-state index contributed by atoms with van der Waals surface area (Å²) in [6.45, 7) is 1.90. The molecule has 0 unspecified atom stereocenters. The molecule has 0 spiro atoms. The lowest BCUT2D eigenvalue weighted by Crippen LogP contribution is -2.49. The van der Waals surface area contributed by atoms with Crippen LogP contribution in [0.15, 0.2) is 77.8 Å². The van der Waals surface area contributed by atoms with Gasteiger partial charge in [0.1, 0.15) is 5.82 Å². The first-order valence-corrected chi connectivity index (χ1v) is 10.9. The van der Waals surface area contributed by atoms with Crippen LogP contribution < -0.4 is 4.90 Å². The van der Waals surface area contributed by atoms with Gasteiger partial charge in [-0.05, 0) is 35.4 Å². The minimum Gasteiger partial charge on any atom is -0.353 e. The number of aromatic nitrogens is 1. The van der Waals surface area contributed by atoms with Crippen molar-refractivity contribution in [2.24, 2.45) is 0 Å². The Bertz CT molecular complexity index is 1050. The lowest BCUT2D eigenvalue weighted by Gasteiger charge is -2.35. The van der Waals surface area contributed by atoms with Gasteiger partial charge in [0.25, 0.3) is 0 Å². The highest BCUT2D eigenvalue weighted by Gasteiger charge is 2.29. The van der Waals surface area contributed by atoms with Crippen LogP contribution in [0.5, 0.6) is 0 Å². The zero-order valence-electron chi connectivity index (χ0n) is 15.2. The van der Waals surface area contributed by atoms with Gasteiger partial charge in [-0.3, -0.25) is 0 Å². The van der Waals surface area contributed by atoms with Gasteiger partial charge in [0.2, 0.25) is 10.0 Å². The van der Waals surface area contributed by atoms with Crippen molar-refractivity contribution in [1.82, 2.24) is 9.29 Å². The molecule has 5 nitrogen and oxygen atoms in total. The van der Waals surface area contributed by atoms with Gasteiger partial charge in [-0.2, -0.15) is 4.31 Å². The third kappa shape index (κ3) is 3.76. The van der Waals surface area contributed by atoms with E-state index in [9.17, 15) is 8.42 Å². The summed E-state index contributed by atoms with van der Waals surface area (Å²) in [5.41, 5.74) is 2.06. The molecule has 0 N–H and O–H groups in total. The normalized spacial score (nSPS) is 15.5. The summed E-state index contributed by atoms with van der Waals surface area (Å²) in [6, 6.07) is 20.5. The van der Waals surface area contributed by atoms with Crippen LogP contribution in [-0.2, 0) is 10.0 Å². The Hall–Kier alpha value is -2.41. The number of hydrogen-bond acceptors (Lipinski definition) is 4. The summed E-state index contributed by atoms with van der Waals surface area (Å²) in [7, 11) is -3.52. The molecule has 7 heteroatoms. The highest BCUT2D eigenvalue weighted by atomic mass is 35.5. The number of pyridine rings is 1. The van der Waals surface area contributed by atoms with Crippen LogP contribution in [0.25, 0.3) is 11.1 Å². The number of piperazine rings is 1. The first kappa shape index (κ1) is 18.9. The second kappa shape index (κ2) is 7.91. The number of anilines is 1. The Labute approximate surface area is 170 Å². The predicted molar refractivity (Wildman–Crippen MR) is 112 cm³/mol. The summed E-state index contributed by atoms with van der Waals surface area (Å²) in [6.07, 6.45) is 1.69. The van der Waals surface area contributed by atoms with Crippen LogP contribution in [0.1, 0.15) is 0 Å². The molecule has 1 fully saturated rings. The van der Waals surface area contributed by atoms with E-state index in [0.29, 0.717) is 41.9 Å². The summed E-state index contributed by atoms with van der Waals surface area (Å²) >= 11 is 6.21. The Balaban J connectivity index is 1.48. The predicted octanol–water partition coefficient (Wildman–Crippen LogP) is 3.91. The largest absolute Gasteiger partial charge is 0.353 e. The molecule has 1 aliphatic heterocycles. The van der Waals surface area contributed by atoms with E-state index in [-0.39, 0.29) is 0 Å². The van der Waals surface area contributed by atoms with Crippen LogP contribution >= 0.6 is 11.6 Å². The maximum absolute atomic E-state index is 13.0. The average Bonchev–Trinajstić information content (AvgIpc) is 2.75. The lowest BCUT2D eigenvalue weighted by atomic mass is 10.1. The molecule has 144 valence electrons. The van der Waals surface area contributed by atoms with Crippen LogP contribution in [0.2, 0.25) is 5.02 Å². The van der Waals surface area contributed by atoms with Crippen LogP contribution in [0.4, 0.5) is 5.82 Å². The van der Waals surface area contributed by atoms with Gasteiger partial charge in [-0.1, -0.05) is 54.1 Å². The molecule has 0 amide bonds. The van der Waals surface area contributed by atoms with Crippen molar-refractivity contribution in [3.05, 3.63) is 77.9 Å². The smallest absolute Gasteiger partial charge is 0.243 e. The minimum absolute atomic E-state index is 0.316. The molecular weight excluding hydrogens is 394 g/mol. The first-order valence-electron chi connectivity index (χ1n) is 9.07. The zero-order valence-corrected chi connectivity index (χ0v) is 16.8. The minimum atomic E-state index is -3.52. The molecular formula is C21H20ClN3O2S. The second-order valence-corrected chi connectivity index (χ2v) is 8.94. The Morgan fingerprint density at radius 3 is 2.07 bits per heavy atom. The fraction of sp³-hybridized carbons (Fsp3) is 0.190. The third-order valence-corrected chi connectivity index (χ3v) is 7.08. The van der Waals surface area contributed by atoms with Crippen molar-refractivity contribution in [2.45, 2.75) is 4.90 Å². The van der Waals surface area contributed by atoms with Crippen molar-refractivity contribution in [3.8, 4) is 11.1 Å². The van der Waals surface area contributed by atoms with Gasteiger partial charge in [0.15, 0.2) is 0 Å². The fourth-order valence-electron chi connectivity index (χ4n) is 3.35. The number of halogens is 1. The highest BCUT2D eigenvalue weighted by molar-refractivity contribution is 7.89. The van der Waals surface area contributed by atoms with E-state index in [1.54, 1.807) is 30.5 Å². The van der Waals surface area contributed by atoms with Gasteiger partial charge in [-0.15, -0.1) is 0 Å². The van der Waals surface area contributed by atoms with Crippen molar-refractivity contribution in [2.75, 3.05) is 31.1 Å². The number of nitrogens with zero attached hydrogens (tertiary/aromatic N) is 3. The summed E-state index contributed by atoms with van der Waals surface area (Å²) in [4.78, 5) is 6.65. The monoisotopic (exact) mass is 413 g/mol. The molecule has 0 radical (unpaired) electrons. The van der Waals surface area contributed by atoms with Gasteiger partial charge >= 0.3 is 0 Å². The van der Waals surface area contributed by atoms with Gasteiger partial charge in [0, 0.05) is 32.4 Å². The number of sulfonamides is 1. The Morgan fingerprint density at radius 1 is 0.786 bits per heavy atom. The summed E-state index contributed by atoms with van der Waals surface area (Å²) < 4.78 is 27.5. The second-order valence-electron chi connectivity index (χ2n) is 6.59. The fourth-order valence-corrected chi connectivity index (χ4v) is 5.01. The maximum atomic E-state index is 13.0. The molecule has 28 heavy (non-hydrogen) atoms. The standard InChI is InChI=1S/C21H20ClN3O2S/c22-20-7-4-12-23-21(20)24-13-15-25(16-14-24)28(26,27)19-10-8-18(9-11-19)17-5-2-1-3-6-17/h1-12H,13-16H2. The van der Waals surface area contributed by atoms with Crippen LogP contribution in [0, 0.1) is 0 Å². The van der Waals surface area contributed by atoms with Crippen molar-refractivity contribution in [3.63, 3.8) is 0 Å².